The summed E-state index contributed by atoms with van der Waals surface area (Å²) in [6.45, 7) is 8.12. The Morgan fingerprint density at radius 1 is 1.00 bits per heavy atom. The highest BCUT2D eigenvalue weighted by atomic mass is 127. The minimum atomic E-state index is -3.17. The molecule has 0 radical (unpaired) electrons. The summed E-state index contributed by atoms with van der Waals surface area (Å²) in [5, 5.41) is 6.29. The molecule has 10 heteroatoms. The summed E-state index contributed by atoms with van der Waals surface area (Å²) in [5.74, 6) is 2.21. The van der Waals surface area contributed by atoms with Crippen molar-refractivity contribution in [3.63, 3.8) is 0 Å². The van der Waals surface area contributed by atoms with E-state index in [1.165, 1.54) is 0 Å². The number of rotatable bonds is 12. The van der Waals surface area contributed by atoms with Crippen molar-refractivity contribution in [3.8, 4) is 11.5 Å². The van der Waals surface area contributed by atoms with Crippen LogP contribution in [0.25, 0.3) is 0 Å². The molecule has 1 aromatic rings. The SMILES string of the molecule is CCOc1ccc(CCNC(=NC)NCCNS(=O)(=O)CC)cc1OCC.I. The van der Waals surface area contributed by atoms with E-state index in [0.717, 1.165) is 23.5 Å². The second-order valence-electron chi connectivity index (χ2n) is 5.62. The molecule has 0 aliphatic carbocycles. The maximum absolute atomic E-state index is 11.4. The Labute approximate surface area is 185 Å². The van der Waals surface area contributed by atoms with E-state index in [1.54, 1.807) is 14.0 Å². The van der Waals surface area contributed by atoms with Crippen molar-refractivity contribution < 1.29 is 17.9 Å². The Bertz CT molecular complexity index is 699. The van der Waals surface area contributed by atoms with Gasteiger partial charge in [-0.15, -0.1) is 24.0 Å². The van der Waals surface area contributed by atoms with Crippen LogP contribution in [0.3, 0.4) is 0 Å². The molecule has 0 saturated carbocycles. The molecule has 0 fully saturated rings. The fourth-order valence-electron chi connectivity index (χ4n) is 2.29. The standard InChI is InChI=1S/C18H32N4O4S.HI/c1-5-25-16-9-8-15(14-17(16)26-6-2)10-11-20-18(19-4)21-12-13-22-27(23,24)7-3;/h8-9,14,22H,5-7,10-13H2,1-4H3,(H2,19,20,21);1H. The summed E-state index contributed by atoms with van der Waals surface area (Å²) in [4.78, 5) is 4.13. The number of sulfonamides is 1. The highest BCUT2D eigenvalue weighted by molar-refractivity contribution is 14.0. The normalized spacial score (nSPS) is 11.5. The van der Waals surface area contributed by atoms with E-state index in [2.05, 4.69) is 20.3 Å². The Morgan fingerprint density at radius 2 is 1.64 bits per heavy atom. The summed E-state index contributed by atoms with van der Waals surface area (Å²) >= 11 is 0. The Kier molecular flexibility index (Phi) is 14.0. The van der Waals surface area contributed by atoms with Gasteiger partial charge in [-0.2, -0.15) is 0 Å². The number of ether oxygens (including phenoxy) is 2. The summed E-state index contributed by atoms with van der Waals surface area (Å²) in [6.07, 6.45) is 0.787. The molecule has 0 atom stereocenters. The molecular formula is C18H33IN4O4S. The van der Waals surface area contributed by atoms with Gasteiger partial charge in [0.1, 0.15) is 0 Å². The van der Waals surface area contributed by atoms with Gasteiger partial charge in [0.25, 0.3) is 0 Å². The fraction of sp³-hybridized carbons (Fsp3) is 0.611. The van der Waals surface area contributed by atoms with Crippen LogP contribution < -0.4 is 24.8 Å². The fourth-order valence-corrected chi connectivity index (χ4v) is 2.90. The lowest BCUT2D eigenvalue weighted by atomic mass is 10.1. The van der Waals surface area contributed by atoms with Crippen LogP contribution >= 0.6 is 24.0 Å². The quantitative estimate of drug-likeness (QED) is 0.166. The zero-order chi connectivity index (χ0) is 20.1. The Balaban J connectivity index is 0.00000729. The van der Waals surface area contributed by atoms with Crippen molar-refractivity contribution in [2.24, 2.45) is 4.99 Å². The third-order valence-electron chi connectivity index (χ3n) is 3.66. The maximum Gasteiger partial charge on any atom is 0.211 e. The first-order valence-corrected chi connectivity index (χ1v) is 10.9. The number of aliphatic imine (C=N–C) groups is 1. The van der Waals surface area contributed by atoms with Crippen molar-refractivity contribution >= 4 is 40.0 Å². The van der Waals surface area contributed by atoms with Gasteiger partial charge in [-0.05, 0) is 44.9 Å². The van der Waals surface area contributed by atoms with Crippen molar-refractivity contribution in [1.29, 1.82) is 0 Å². The van der Waals surface area contributed by atoms with Gasteiger partial charge >= 0.3 is 0 Å². The van der Waals surface area contributed by atoms with Crippen LogP contribution in [0.2, 0.25) is 0 Å². The molecule has 0 heterocycles. The number of nitrogens with one attached hydrogen (secondary N) is 3. The second kappa shape index (κ2) is 14.7. The molecule has 0 bridgehead atoms. The van der Waals surface area contributed by atoms with E-state index < -0.39 is 10.0 Å². The molecule has 0 saturated heterocycles. The van der Waals surface area contributed by atoms with E-state index in [1.807, 2.05) is 32.0 Å². The first kappa shape index (κ1) is 26.7. The zero-order valence-corrected chi connectivity index (χ0v) is 20.2. The summed E-state index contributed by atoms with van der Waals surface area (Å²) in [5.41, 5.74) is 1.13. The number of nitrogens with zero attached hydrogens (tertiary/aromatic N) is 1. The summed E-state index contributed by atoms with van der Waals surface area (Å²) in [6, 6.07) is 5.94. The maximum atomic E-state index is 11.4. The molecule has 0 unspecified atom stereocenters. The van der Waals surface area contributed by atoms with E-state index >= 15 is 0 Å². The van der Waals surface area contributed by atoms with Crippen LogP contribution in [0.4, 0.5) is 0 Å². The predicted molar refractivity (Wildman–Crippen MR) is 125 cm³/mol. The van der Waals surface area contributed by atoms with Gasteiger partial charge in [0, 0.05) is 26.7 Å². The van der Waals surface area contributed by atoms with Crippen LogP contribution in [0.1, 0.15) is 26.3 Å². The largest absolute Gasteiger partial charge is 0.490 e. The summed E-state index contributed by atoms with van der Waals surface area (Å²) in [7, 11) is -1.49. The lowest BCUT2D eigenvalue weighted by Crippen LogP contribution is -2.42. The Hall–Kier alpha value is -1.27. The lowest BCUT2D eigenvalue weighted by molar-refractivity contribution is 0.287. The molecule has 162 valence electrons. The first-order valence-electron chi connectivity index (χ1n) is 9.26. The summed E-state index contributed by atoms with van der Waals surface area (Å²) < 4.78 is 36.5. The molecule has 0 aromatic heterocycles. The van der Waals surface area contributed by atoms with Crippen molar-refractivity contribution in [1.82, 2.24) is 15.4 Å². The minimum Gasteiger partial charge on any atom is -0.490 e. The molecule has 3 N–H and O–H groups in total. The molecular weight excluding hydrogens is 495 g/mol. The topological polar surface area (TPSA) is 101 Å². The highest BCUT2D eigenvalue weighted by Crippen LogP contribution is 2.28. The smallest absolute Gasteiger partial charge is 0.211 e. The number of halogens is 1. The molecule has 1 rings (SSSR count). The van der Waals surface area contributed by atoms with Crippen molar-refractivity contribution in [2.75, 3.05) is 45.6 Å². The Morgan fingerprint density at radius 3 is 2.25 bits per heavy atom. The monoisotopic (exact) mass is 528 g/mol. The van der Waals surface area contributed by atoms with Crippen LogP contribution in [0.5, 0.6) is 11.5 Å². The molecule has 0 aliphatic rings. The van der Waals surface area contributed by atoms with E-state index in [4.69, 9.17) is 9.47 Å². The van der Waals surface area contributed by atoms with E-state index in [0.29, 0.717) is 38.8 Å². The number of hydrogen-bond donors (Lipinski definition) is 3. The van der Waals surface area contributed by atoms with E-state index in [-0.39, 0.29) is 29.7 Å². The van der Waals surface area contributed by atoms with E-state index in [9.17, 15) is 8.42 Å². The number of benzene rings is 1. The third kappa shape index (κ3) is 10.3. The van der Waals surface area contributed by atoms with Gasteiger partial charge in [-0.1, -0.05) is 6.07 Å². The van der Waals surface area contributed by atoms with Crippen LogP contribution in [0.15, 0.2) is 23.2 Å². The van der Waals surface area contributed by atoms with Gasteiger partial charge in [0.15, 0.2) is 17.5 Å². The molecule has 0 aliphatic heterocycles. The highest BCUT2D eigenvalue weighted by Gasteiger charge is 2.07. The average Bonchev–Trinajstić information content (AvgIpc) is 2.66. The molecule has 8 nitrogen and oxygen atoms in total. The first-order chi connectivity index (χ1) is 13.0. The molecule has 0 amide bonds. The zero-order valence-electron chi connectivity index (χ0n) is 17.1. The van der Waals surface area contributed by atoms with Gasteiger partial charge in [0.05, 0.1) is 19.0 Å². The second-order valence-corrected chi connectivity index (χ2v) is 7.72. The van der Waals surface area contributed by atoms with Gasteiger partial charge in [0.2, 0.25) is 10.0 Å². The minimum absolute atomic E-state index is 0. The van der Waals surface area contributed by atoms with Crippen LogP contribution in [-0.4, -0.2) is 60.0 Å². The van der Waals surface area contributed by atoms with Crippen molar-refractivity contribution in [3.05, 3.63) is 23.8 Å². The van der Waals surface area contributed by atoms with Crippen LogP contribution in [-0.2, 0) is 16.4 Å². The molecule has 0 spiro atoms. The predicted octanol–water partition coefficient (Wildman–Crippen LogP) is 1.75. The molecule has 1 aromatic carbocycles. The van der Waals surface area contributed by atoms with Gasteiger partial charge in [-0.3, -0.25) is 4.99 Å². The molecule has 28 heavy (non-hydrogen) atoms. The van der Waals surface area contributed by atoms with Crippen molar-refractivity contribution in [2.45, 2.75) is 27.2 Å². The van der Waals surface area contributed by atoms with Crippen LogP contribution in [0, 0.1) is 0 Å². The lowest BCUT2D eigenvalue weighted by Gasteiger charge is -2.14. The van der Waals surface area contributed by atoms with Gasteiger partial charge in [-0.25, -0.2) is 13.1 Å². The third-order valence-corrected chi connectivity index (χ3v) is 5.06. The number of hydrogen-bond acceptors (Lipinski definition) is 5. The average molecular weight is 528 g/mol. The number of guanidine groups is 1. The van der Waals surface area contributed by atoms with Gasteiger partial charge < -0.3 is 20.1 Å².